The Labute approximate surface area is 315 Å². The van der Waals surface area contributed by atoms with Crippen LogP contribution in [0.3, 0.4) is 0 Å². The summed E-state index contributed by atoms with van der Waals surface area (Å²) in [5, 5.41) is 5.06. The van der Waals surface area contributed by atoms with Gasteiger partial charge < -0.3 is 9.47 Å². The summed E-state index contributed by atoms with van der Waals surface area (Å²) in [6.07, 6.45) is 0. The van der Waals surface area contributed by atoms with Crippen molar-refractivity contribution in [3.05, 3.63) is 218 Å². The summed E-state index contributed by atoms with van der Waals surface area (Å²) >= 11 is 0. The third kappa shape index (κ3) is 5.62. The molecule has 0 N–H and O–H groups in total. The Morgan fingerprint density at radius 1 is 0.278 bits per heavy atom. The Bertz CT molecular complexity index is 2870. The lowest BCUT2D eigenvalue weighted by molar-refractivity contribution is 1.19. The number of nitrogens with zero attached hydrogens (tertiary/aromatic N) is 2. The van der Waals surface area contributed by atoms with E-state index in [9.17, 15) is 0 Å². The van der Waals surface area contributed by atoms with Crippen LogP contribution in [0.4, 0.5) is 17.1 Å². The van der Waals surface area contributed by atoms with E-state index in [4.69, 9.17) is 0 Å². The normalized spacial score (nSPS) is 11.3. The molecule has 2 nitrogen and oxygen atoms in total. The van der Waals surface area contributed by atoms with Gasteiger partial charge in [-0.25, -0.2) is 0 Å². The minimum atomic E-state index is 1.11. The first-order valence-corrected chi connectivity index (χ1v) is 18.5. The SMILES string of the molecule is c1ccc(-c2ccc(-c3ccc(N(c4ccccc4)c4ccc(-c5ccc(-n6c7ccccc7c7ccc8ccccc8c76)cc5)cc4)cc3)cc2)cc1. The van der Waals surface area contributed by atoms with Crippen LogP contribution in [0, 0.1) is 0 Å². The summed E-state index contributed by atoms with van der Waals surface area (Å²) < 4.78 is 2.42. The van der Waals surface area contributed by atoms with Gasteiger partial charge in [-0.2, -0.15) is 0 Å². The second-order valence-electron chi connectivity index (χ2n) is 13.8. The predicted octanol–water partition coefficient (Wildman–Crippen LogP) is 14.4. The minimum Gasteiger partial charge on any atom is -0.311 e. The van der Waals surface area contributed by atoms with E-state index >= 15 is 0 Å². The highest BCUT2D eigenvalue weighted by atomic mass is 15.1. The molecular weight excluding hydrogens is 653 g/mol. The molecule has 0 amide bonds. The van der Waals surface area contributed by atoms with E-state index in [1.54, 1.807) is 0 Å². The Balaban J connectivity index is 0.959. The number of hydrogen-bond acceptors (Lipinski definition) is 1. The van der Waals surface area contributed by atoms with Gasteiger partial charge in [0.2, 0.25) is 0 Å². The van der Waals surface area contributed by atoms with Gasteiger partial charge >= 0.3 is 0 Å². The predicted molar refractivity (Wildman–Crippen MR) is 229 cm³/mol. The molecule has 2 heteroatoms. The highest BCUT2D eigenvalue weighted by Crippen LogP contribution is 2.39. The molecule has 254 valence electrons. The zero-order chi connectivity index (χ0) is 35.8. The molecule has 1 heterocycles. The lowest BCUT2D eigenvalue weighted by Crippen LogP contribution is -2.09. The topological polar surface area (TPSA) is 8.17 Å². The van der Waals surface area contributed by atoms with Crippen LogP contribution in [0.2, 0.25) is 0 Å². The molecule has 0 saturated carbocycles. The molecule has 0 bridgehead atoms. The van der Waals surface area contributed by atoms with Crippen LogP contribution in [-0.4, -0.2) is 4.57 Å². The number of benzene rings is 9. The van der Waals surface area contributed by atoms with E-state index in [1.165, 1.54) is 66.0 Å². The first-order chi connectivity index (χ1) is 26.8. The molecule has 10 aromatic rings. The van der Waals surface area contributed by atoms with Crippen molar-refractivity contribution in [1.82, 2.24) is 4.57 Å². The van der Waals surface area contributed by atoms with Crippen molar-refractivity contribution in [1.29, 1.82) is 0 Å². The van der Waals surface area contributed by atoms with Gasteiger partial charge in [-0.1, -0.05) is 164 Å². The summed E-state index contributed by atoms with van der Waals surface area (Å²) in [4.78, 5) is 2.32. The highest BCUT2D eigenvalue weighted by molar-refractivity contribution is 6.18. The van der Waals surface area contributed by atoms with Crippen LogP contribution in [0.1, 0.15) is 0 Å². The smallest absolute Gasteiger partial charge is 0.0619 e. The van der Waals surface area contributed by atoms with Crippen molar-refractivity contribution in [2.75, 3.05) is 4.90 Å². The van der Waals surface area contributed by atoms with Crippen molar-refractivity contribution in [3.63, 3.8) is 0 Å². The van der Waals surface area contributed by atoms with Crippen molar-refractivity contribution < 1.29 is 0 Å². The molecule has 1 aromatic heterocycles. The Morgan fingerprint density at radius 2 is 0.704 bits per heavy atom. The number of aromatic nitrogens is 1. The Kier molecular flexibility index (Phi) is 7.85. The van der Waals surface area contributed by atoms with E-state index in [1.807, 2.05) is 0 Å². The number of anilines is 3. The molecule has 0 radical (unpaired) electrons. The summed E-state index contributed by atoms with van der Waals surface area (Å²) in [6.45, 7) is 0. The molecule has 0 unspecified atom stereocenters. The molecule has 10 rings (SSSR count). The zero-order valence-corrected chi connectivity index (χ0v) is 29.7. The maximum atomic E-state index is 2.42. The van der Waals surface area contributed by atoms with Gasteiger partial charge in [0.1, 0.15) is 0 Å². The van der Waals surface area contributed by atoms with Gasteiger partial charge in [0.05, 0.1) is 11.0 Å². The van der Waals surface area contributed by atoms with Gasteiger partial charge in [0, 0.05) is 38.9 Å². The number of rotatable bonds is 7. The van der Waals surface area contributed by atoms with Crippen LogP contribution in [0.15, 0.2) is 218 Å². The largest absolute Gasteiger partial charge is 0.311 e. The number of fused-ring (bicyclic) bond motifs is 5. The highest BCUT2D eigenvalue weighted by Gasteiger charge is 2.16. The first-order valence-electron chi connectivity index (χ1n) is 18.5. The fourth-order valence-electron chi connectivity index (χ4n) is 7.92. The zero-order valence-electron chi connectivity index (χ0n) is 29.7. The second kappa shape index (κ2) is 13.4. The summed E-state index contributed by atoms with van der Waals surface area (Å²) in [6, 6.07) is 78.7. The average molecular weight is 689 g/mol. The van der Waals surface area contributed by atoms with Crippen LogP contribution in [0.25, 0.3) is 71.6 Å². The molecule has 0 fully saturated rings. The fraction of sp³-hybridized carbons (Fsp3) is 0. The molecule has 0 saturated heterocycles. The van der Waals surface area contributed by atoms with Crippen LogP contribution in [0.5, 0.6) is 0 Å². The molecule has 54 heavy (non-hydrogen) atoms. The number of para-hydroxylation sites is 2. The van der Waals surface area contributed by atoms with E-state index in [0.29, 0.717) is 0 Å². The molecule has 0 aliphatic carbocycles. The van der Waals surface area contributed by atoms with Gasteiger partial charge in [-0.15, -0.1) is 0 Å². The molecule has 0 spiro atoms. The van der Waals surface area contributed by atoms with E-state index in [2.05, 4.69) is 228 Å². The maximum Gasteiger partial charge on any atom is 0.0619 e. The van der Waals surface area contributed by atoms with Crippen molar-refractivity contribution in [2.45, 2.75) is 0 Å². The summed E-state index contributed by atoms with van der Waals surface area (Å²) in [5.41, 5.74) is 14.2. The Morgan fingerprint density at radius 3 is 1.30 bits per heavy atom. The van der Waals surface area contributed by atoms with Gasteiger partial charge in [-0.05, 0) is 93.4 Å². The Hall–Kier alpha value is -7.16. The van der Waals surface area contributed by atoms with E-state index in [-0.39, 0.29) is 0 Å². The standard InChI is InChI=1S/C52H36N2/c1-3-11-37(12-4-1)38-19-21-39(22-20-38)40-23-30-45(31-24-40)53(44-14-5-2-6-15-44)46-32-25-41(26-33-46)42-27-34-47(35-28-42)54-51-18-10-9-17-49(51)50-36-29-43-13-7-8-16-48(43)52(50)54/h1-36H. The minimum absolute atomic E-state index is 1.11. The van der Waals surface area contributed by atoms with Crippen LogP contribution in [-0.2, 0) is 0 Å². The van der Waals surface area contributed by atoms with Gasteiger partial charge in [-0.3, -0.25) is 0 Å². The first kappa shape index (κ1) is 31.6. The maximum absolute atomic E-state index is 2.42. The van der Waals surface area contributed by atoms with Gasteiger partial charge in [0.25, 0.3) is 0 Å². The number of hydrogen-bond donors (Lipinski definition) is 0. The monoisotopic (exact) mass is 688 g/mol. The lowest BCUT2D eigenvalue weighted by Gasteiger charge is -2.26. The van der Waals surface area contributed by atoms with Crippen molar-refractivity contribution in [2.24, 2.45) is 0 Å². The third-order valence-electron chi connectivity index (χ3n) is 10.6. The molecule has 0 aliphatic rings. The molecule has 0 atom stereocenters. The summed E-state index contributed by atoms with van der Waals surface area (Å²) in [5.74, 6) is 0. The lowest BCUT2D eigenvalue weighted by atomic mass is 10.00. The summed E-state index contributed by atoms with van der Waals surface area (Å²) in [7, 11) is 0. The van der Waals surface area contributed by atoms with Crippen molar-refractivity contribution >= 4 is 49.6 Å². The van der Waals surface area contributed by atoms with E-state index in [0.717, 1.165) is 22.7 Å². The quantitative estimate of drug-likeness (QED) is 0.162. The third-order valence-corrected chi connectivity index (χ3v) is 10.6. The average Bonchev–Trinajstić information content (AvgIpc) is 3.60. The van der Waals surface area contributed by atoms with Crippen LogP contribution < -0.4 is 4.90 Å². The van der Waals surface area contributed by atoms with E-state index < -0.39 is 0 Å². The molecule has 9 aromatic carbocycles. The molecular formula is C52H36N2. The fourth-order valence-corrected chi connectivity index (χ4v) is 7.92. The second-order valence-corrected chi connectivity index (χ2v) is 13.8. The van der Waals surface area contributed by atoms with Crippen LogP contribution >= 0.6 is 0 Å². The van der Waals surface area contributed by atoms with Gasteiger partial charge in [0.15, 0.2) is 0 Å². The molecule has 0 aliphatic heterocycles. The van der Waals surface area contributed by atoms with Crippen molar-refractivity contribution in [3.8, 4) is 39.1 Å².